The molecule has 102 valence electrons. The van der Waals surface area contributed by atoms with Crippen LogP contribution in [0.5, 0.6) is 0 Å². The Balaban J connectivity index is 3.03. The number of ether oxygens (including phenoxy) is 2. The Bertz CT molecular complexity index is 507. The molecule has 0 radical (unpaired) electrons. The molecule has 0 aliphatic carbocycles. The van der Waals surface area contributed by atoms with E-state index in [4.69, 9.17) is 14.9 Å². The number of carboxylic acids is 2. The van der Waals surface area contributed by atoms with Crippen LogP contribution in [0.1, 0.15) is 31.1 Å². The van der Waals surface area contributed by atoms with E-state index in [2.05, 4.69) is 4.74 Å². The molecular formula is C12H12O7. The molecule has 7 nitrogen and oxygen atoms in total. The number of carbonyl (C=O) groups is 3. The van der Waals surface area contributed by atoms with Gasteiger partial charge in [-0.3, -0.25) is 0 Å². The van der Waals surface area contributed by atoms with Crippen LogP contribution in [0.3, 0.4) is 0 Å². The van der Waals surface area contributed by atoms with Crippen LogP contribution >= 0.6 is 0 Å². The number of esters is 1. The van der Waals surface area contributed by atoms with Crippen molar-refractivity contribution >= 4 is 17.9 Å². The quantitative estimate of drug-likeness (QED) is 0.582. The summed E-state index contributed by atoms with van der Waals surface area (Å²) in [7, 11) is 1.43. The van der Waals surface area contributed by atoms with Crippen molar-refractivity contribution in [1.29, 1.82) is 0 Å². The lowest BCUT2D eigenvalue weighted by Gasteiger charge is -2.07. The molecule has 7 heteroatoms. The summed E-state index contributed by atoms with van der Waals surface area (Å²) in [6, 6.07) is 3.17. The van der Waals surface area contributed by atoms with Crippen molar-refractivity contribution in [3.05, 3.63) is 34.9 Å². The second-order valence-corrected chi connectivity index (χ2v) is 3.50. The smallest absolute Gasteiger partial charge is 0.339 e. The minimum Gasteiger partial charge on any atom is -0.478 e. The number of hydrogen-bond acceptors (Lipinski definition) is 5. The van der Waals surface area contributed by atoms with Gasteiger partial charge >= 0.3 is 17.9 Å². The Hall–Kier alpha value is -2.41. The van der Waals surface area contributed by atoms with E-state index < -0.39 is 23.5 Å². The first-order valence-electron chi connectivity index (χ1n) is 5.24. The van der Waals surface area contributed by atoms with E-state index in [1.165, 1.54) is 7.11 Å². The molecule has 1 aromatic rings. The first-order chi connectivity index (χ1) is 8.97. The first-order valence-corrected chi connectivity index (χ1v) is 5.24. The van der Waals surface area contributed by atoms with Gasteiger partial charge in [0, 0.05) is 7.11 Å². The van der Waals surface area contributed by atoms with E-state index >= 15 is 0 Å². The molecule has 0 heterocycles. The third-order valence-corrected chi connectivity index (χ3v) is 2.24. The zero-order valence-corrected chi connectivity index (χ0v) is 10.1. The average Bonchev–Trinajstić information content (AvgIpc) is 2.38. The third-order valence-electron chi connectivity index (χ3n) is 2.24. The molecule has 19 heavy (non-hydrogen) atoms. The van der Waals surface area contributed by atoms with Gasteiger partial charge in [0.2, 0.25) is 0 Å². The molecular weight excluding hydrogens is 256 g/mol. The molecule has 0 spiro atoms. The molecule has 0 aromatic heterocycles. The van der Waals surface area contributed by atoms with Crippen LogP contribution in [0.25, 0.3) is 0 Å². The predicted molar refractivity (Wildman–Crippen MR) is 62.5 cm³/mol. The lowest BCUT2D eigenvalue weighted by molar-refractivity contribution is 0.0381. The summed E-state index contributed by atoms with van der Waals surface area (Å²) in [6.07, 6.45) is 0. The second kappa shape index (κ2) is 6.50. The Labute approximate surface area is 108 Å². The summed E-state index contributed by atoms with van der Waals surface area (Å²) in [4.78, 5) is 33.4. The largest absolute Gasteiger partial charge is 0.478 e. The van der Waals surface area contributed by atoms with Crippen molar-refractivity contribution < 1.29 is 34.1 Å². The summed E-state index contributed by atoms with van der Waals surface area (Å²) in [5.41, 5.74) is -0.832. The lowest BCUT2D eigenvalue weighted by atomic mass is 10.0. The van der Waals surface area contributed by atoms with Crippen LogP contribution in [0.15, 0.2) is 18.2 Å². The molecule has 0 unspecified atom stereocenters. The number of aromatic carboxylic acids is 2. The minimum absolute atomic E-state index is 0.0188. The molecule has 0 saturated carbocycles. The van der Waals surface area contributed by atoms with Gasteiger partial charge in [-0.15, -0.1) is 0 Å². The number of carbonyl (C=O) groups excluding carboxylic acids is 1. The molecule has 0 amide bonds. The topological polar surface area (TPSA) is 110 Å². The van der Waals surface area contributed by atoms with Crippen LogP contribution in [0.2, 0.25) is 0 Å². The van der Waals surface area contributed by atoms with Crippen LogP contribution in [-0.4, -0.2) is 48.4 Å². The summed E-state index contributed by atoms with van der Waals surface area (Å²) < 4.78 is 9.47. The normalized spacial score (nSPS) is 9.95. The van der Waals surface area contributed by atoms with E-state index in [9.17, 15) is 14.4 Å². The van der Waals surface area contributed by atoms with Crippen LogP contribution in [0, 0.1) is 0 Å². The van der Waals surface area contributed by atoms with Gasteiger partial charge in [-0.05, 0) is 18.2 Å². The van der Waals surface area contributed by atoms with E-state index in [0.29, 0.717) is 0 Å². The zero-order chi connectivity index (χ0) is 14.4. The number of rotatable bonds is 6. The monoisotopic (exact) mass is 268 g/mol. The van der Waals surface area contributed by atoms with Gasteiger partial charge in [0.05, 0.1) is 23.3 Å². The average molecular weight is 268 g/mol. The Morgan fingerprint density at radius 3 is 2.26 bits per heavy atom. The highest BCUT2D eigenvalue weighted by Gasteiger charge is 2.19. The van der Waals surface area contributed by atoms with Gasteiger partial charge < -0.3 is 19.7 Å². The molecule has 1 rings (SSSR count). The molecule has 0 aliphatic heterocycles. The van der Waals surface area contributed by atoms with Crippen LogP contribution in [-0.2, 0) is 9.47 Å². The molecule has 0 aliphatic rings. The van der Waals surface area contributed by atoms with Crippen molar-refractivity contribution in [1.82, 2.24) is 0 Å². The van der Waals surface area contributed by atoms with E-state index in [1.807, 2.05) is 0 Å². The fourth-order valence-electron chi connectivity index (χ4n) is 1.33. The highest BCUT2D eigenvalue weighted by atomic mass is 16.6. The van der Waals surface area contributed by atoms with Crippen LogP contribution < -0.4 is 0 Å². The van der Waals surface area contributed by atoms with Crippen molar-refractivity contribution in [3.63, 3.8) is 0 Å². The molecule has 0 saturated heterocycles. The van der Waals surface area contributed by atoms with Crippen molar-refractivity contribution in [2.45, 2.75) is 0 Å². The molecule has 0 atom stereocenters. The van der Waals surface area contributed by atoms with Crippen molar-refractivity contribution in [2.75, 3.05) is 20.3 Å². The van der Waals surface area contributed by atoms with E-state index in [1.54, 1.807) is 0 Å². The standard InChI is InChI=1S/C12H12O7/c1-18-4-5-19-12(17)8-3-2-7(10(13)14)6-9(8)11(15)16/h2-3,6H,4-5H2,1H3,(H,13,14)(H,15,16). The molecule has 1 aromatic carbocycles. The fraction of sp³-hybridized carbons (Fsp3) is 0.250. The highest BCUT2D eigenvalue weighted by Crippen LogP contribution is 2.14. The molecule has 0 fully saturated rings. The van der Waals surface area contributed by atoms with Gasteiger partial charge in [0.15, 0.2) is 0 Å². The Kier molecular flexibility index (Phi) is 5.01. The third kappa shape index (κ3) is 3.78. The van der Waals surface area contributed by atoms with Gasteiger partial charge in [-0.2, -0.15) is 0 Å². The Morgan fingerprint density at radius 1 is 1.05 bits per heavy atom. The summed E-state index contributed by atoms with van der Waals surface area (Å²) in [5, 5.41) is 17.7. The number of hydrogen-bond donors (Lipinski definition) is 2. The second-order valence-electron chi connectivity index (χ2n) is 3.50. The molecule has 0 bridgehead atoms. The fourth-order valence-corrected chi connectivity index (χ4v) is 1.33. The summed E-state index contributed by atoms with van der Waals surface area (Å²) in [6.45, 7) is 0.163. The highest BCUT2D eigenvalue weighted by molar-refractivity contribution is 6.04. The van der Waals surface area contributed by atoms with E-state index in [0.717, 1.165) is 18.2 Å². The lowest BCUT2D eigenvalue weighted by Crippen LogP contribution is -2.15. The summed E-state index contributed by atoms with van der Waals surface area (Å²) >= 11 is 0. The maximum atomic E-state index is 11.6. The molecule has 2 N–H and O–H groups in total. The van der Waals surface area contributed by atoms with E-state index in [-0.39, 0.29) is 24.3 Å². The maximum Gasteiger partial charge on any atom is 0.339 e. The van der Waals surface area contributed by atoms with Gasteiger partial charge in [-0.25, -0.2) is 14.4 Å². The van der Waals surface area contributed by atoms with Gasteiger partial charge in [0.1, 0.15) is 6.61 Å². The zero-order valence-electron chi connectivity index (χ0n) is 10.1. The summed E-state index contributed by atoms with van der Waals surface area (Å²) in [5.74, 6) is -3.52. The predicted octanol–water partition coefficient (Wildman–Crippen LogP) is 0.886. The number of carboxylic acid groups (broad SMARTS) is 2. The first kappa shape index (κ1) is 14.7. The minimum atomic E-state index is -1.40. The number of methoxy groups -OCH3 is 1. The van der Waals surface area contributed by atoms with Gasteiger partial charge in [0.25, 0.3) is 0 Å². The maximum absolute atomic E-state index is 11.6. The van der Waals surface area contributed by atoms with Crippen LogP contribution in [0.4, 0.5) is 0 Å². The van der Waals surface area contributed by atoms with Crippen molar-refractivity contribution in [3.8, 4) is 0 Å². The Morgan fingerprint density at radius 2 is 1.74 bits per heavy atom. The van der Waals surface area contributed by atoms with Crippen molar-refractivity contribution in [2.24, 2.45) is 0 Å². The SMILES string of the molecule is COCCOC(=O)c1ccc(C(=O)O)cc1C(=O)O. The number of benzene rings is 1. The van der Waals surface area contributed by atoms with Gasteiger partial charge in [-0.1, -0.05) is 0 Å².